The van der Waals surface area contributed by atoms with Crippen LogP contribution in [0.2, 0.25) is 0 Å². The van der Waals surface area contributed by atoms with Gasteiger partial charge in [-0.2, -0.15) is 0 Å². The second kappa shape index (κ2) is 7.94. The van der Waals surface area contributed by atoms with Crippen LogP contribution in [0.25, 0.3) is 0 Å². The van der Waals surface area contributed by atoms with Gasteiger partial charge >= 0.3 is 11.9 Å². The fourth-order valence-corrected chi connectivity index (χ4v) is 1.55. The molecule has 0 amide bonds. The number of rotatable bonds is 7. The third-order valence-corrected chi connectivity index (χ3v) is 2.69. The number of anilines is 2. The molecule has 0 bridgehead atoms. The average Bonchev–Trinajstić information content (AvgIpc) is 2.42. The Morgan fingerprint density at radius 1 is 1.10 bits per heavy atom. The zero-order valence-corrected chi connectivity index (χ0v) is 12.1. The van der Waals surface area contributed by atoms with Crippen molar-refractivity contribution >= 4 is 23.3 Å². The zero-order valence-electron chi connectivity index (χ0n) is 12.1. The predicted molar refractivity (Wildman–Crippen MR) is 80.6 cm³/mol. The molecule has 0 unspecified atom stereocenters. The van der Waals surface area contributed by atoms with Crippen molar-refractivity contribution in [2.45, 2.75) is 19.8 Å². The first kappa shape index (κ1) is 16.6. The van der Waals surface area contributed by atoms with Gasteiger partial charge in [0, 0.05) is 16.9 Å². The van der Waals surface area contributed by atoms with E-state index in [9.17, 15) is 9.59 Å². The van der Waals surface area contributed by atoms with Gasteiger partial charge in [-0.25, -0.2) is 9.59 Å². The third kappa shape index (κ3) is 5.18. The lowest BCUT2D eigenvalue weighted by Crippen LogP contribution is -2.12. The highest BCUT2D eigenvalue weighted by molar-refractivity contribution is 6.00. The Balaban J connectivity index is 2.29. The highest BCUT2D eigenvalue weighted by atomic mass is 16.5. The molecule has 0 spiro atoms. The second-order valence-electron chi connectivity index (χ2n) is 4.57. The maximum atomic E-state index is 11.8. The molecule has 0 aromatic heterocycles. The summed E-state index contributed by atoms with van der Waals surface area (Å²) in [5, 5.41) is 0. The molecule has 114 valence electrons. The van der Waals surface area contributed by atoms with Crippen LogP contribution in [0.15, 0.2) is 30.4 Å². The van der Waals surface area contributed by atoms with Gasteiger partial charge < -0.3 is 20.9 Å². The number of carbonyl (C=O) groups excluding carboxylic acids is 2. The number of carbonyl (C=O) groups is 2. The number of nitrogens with two attached hydrogens (primary N) is 2. The van der Waals surface area contributed by atoms with Gasteiger partial charge in [-0.1, -0.05) is 12.6 Å². The Kier molecular flexibility index (Phi) is 6.26. The van der Waals surface area contributed by atoms with E-state index in [4.69, 9.17) is 20.9 Å². The summed E-state index contributed by atoms with van der Waals surface area (Å²) in [6.45, 7) is 5.53. The lowest BCUT2D eigenvalue weighted by atomic mass is 10.1. The van der Waals surface area contributed by atoms with Crippen LogP contribution < -0.4 is 11.5 Å². The van der Waals surface area contributed by atoms with E-state index in [2.05, 4.69) is 6.58 Å². The average molecular weight is 292 g/mol. The van der Waals surface area contributed by atoms with Gasteiger partial charge in [0.2, 0.25) is 0 Å². The van der Waals surface area contributed by atoms with Crippen molar-refractivity contribution in [3.8, 4) is 0 Å². The second-order valence-corrected chi connectivity index (χ2v) is 4.57. The Hall–Kier alpha value is -2.50. The Morgan fingerprint density at radius 3 is 2.14 bits per heavy atom. The Bertz CT molecular complexity index is 520. The van der Waals surface area contributed by atoms with Crippen LogP contribution in [0.1, 0.15) is 30.1 Å². The monoisotopic (exact) mass is 292 g/mol. The van der Waals surface area contributed by atoms with E-state index in [0.717, 1.165) is 0 Å². The molecule has 1 rings (SSSR count). The third-order valence-electron chi connectivity index (χ3n) is 2.69. The summed E-state index contributed by atoms with van der Waals surface area (Å²) >= 11 is 0. The summed E-state index contributed by atoms with van der Waals surface area (Å²) in [5.41, 5.74) is 12.5. The summed E-state index contributed by atoms with van der Waals surface area (Å²) in [7, 11) is 0. The lowest BCUT2D eigenvalue weighted by Gasteiger charge is -2.09. The number of benzene rings is 1. The number of esters is 2. The summed E-state index contributed by atoms with van der Waals surface area (Å²) < 4.78 is 10.0. The Labute approximate surface area is 123 Å². The molecule has 0 saturated carbocycles. The van der Waals surface area contributed by atoms with Crippen LogP contribution in [0.3, 0.4) is 0 Å². The quantitative estimate of drug-likeness (QED) is 0.344. The molecular weight excluding hydrogens is 272 g/mol. The number of unbranched alkanes of at least 4 members (excludes halogenated alkanes) is 1. The highest BCUT2D eigenvalue weighted by Gasteiger charge is 2.14. The first-order valence-corrected chi connectivity index (χ1v) is 6.57. The molecule has 6 heteroatoms. The molecular formula is C15H20N2O4. The van der Waals surface area contributed by atoms with Crippen molar-refractivity contribution < 1.29 is 19.1 Å². The predicted octanol–water partition coefficient (Wildman–Crippen LogP) is 1.91. The van der Waals surface area contributed by atoms with Crippen LogP contribution in [-0.4, -0.2) is 25.2 Å². The van der Waals surface area contributed by atoms with Crippen molar-refractivity contribution in [2.24, 2.45) is 0 Å². The maximum Gasteiger partial charge on any atom is 0.342 e. The van der Waals surface area contributed by atoms with Crippen LogP contribution in [0.5, 0.6) is 0 Å². The maximum absolute atomic E-state index is 11.8. The fourth-order valence-electron chi connectivity index (χ4n) is 1.55. The van der Waals surface area contributed by atoms with Gasteiger partial charge in [0.15, 0.2) is 0 Å². The molecule has 0 aliphatic rings. The van der Waals surface area contributed by atoms with Gasteiger partial charge in [-0.05, 0) is 31.9 Å². The topological polar surface area (TPSA) is 105 Å². The first-order chi connectivity index (χ1) is 9.93. The molecule has 0 aliphatic heterocycles. The molecule has 1 aromatic carbocycles. The molecule has 21 heavy (non-hydrogen) atoms. The summed E-state index contributed by atoms with van der Waals surface area (Å²) in [4.78, 5) is 22.9. The number of ether oxygens (including phenoxy) is 2. The van der Waals surface area contributed by atoms with E-state index in [1.54, 1.807) is 25.1 Å². The smallest absolute Gasteiger partial charge is 0.342 e. The van der Waals surface area contributed by atoms with Gasteiger partial charge in [0.1, 0.15) is 5.56 Å². The number of hydrogen-bond acceptors (Lipinski definition) is 6. The van der Waals surface area contributed by atoms with Crippen LogP contribution in [0.4, 0.5) is 11.4 Å². The normalized spacial score (nSPS) is 9.95. The van der Waals surface area contributed by atoms with Gasteiger partial charge in [-0.15, -0.1) is 0 Å². The van der Waals surface area contributed by atoms with Crippen molar-refractivity contribution in [2.75, 3.05) is 24.7 Å². The minimum Gasteiger partial charge on any atom is -0.462 e. The van der Waals surface area contributed by atoms with Gasteiger partial charge in [0.05, 0.1) is 13.2 Å². The van der Waals surface area contributed by atoms with Crippen molar-refractivity contribution in [3.05, 3.63) is 35.9 Å². The van der Waals surface area contributed by atoms with Gasteiger partial charge in [-0.3, -0.25) is 0 Å². The first-order valence-electron chi connectivity index (χ1n) is 6.57. The molecule has 1 aromatic rings. The standard InChI is InChI=1S/C15H20N2O4/c1-10(2)14(18)20-8-3-4-9-21-15(19)13-11(16)6-5-7-12(13)17/h5-7H,1,3-4,8-9,16-17H2,2H3. The van der Waals surface area contributed by atoms with E-state index in [1.165, 1.54) is 0 Å². The lowest BCUT2D eigenvalue weighted by molar-refractivity contribution is -0.139. The summed E-state index contributed by atoms with van der Waals surface area (Å²) in [5.74, 6) is -0.971. The van der Waals surface area contributed by atoms with E-state index < -0.39 is 11.9 Å². The molecule has 6 nitrogen and oxygen atoms in total. The fraction of sp³-hybridized carbons (Fsp3) is 0.333. The van der Waals surface area contributed by atoms with E-state index in [-0.39, 0.29) is 30.2 Å². The molecule has 0 saturated heterocycles. The van der Waals surface area contributed by atoms with Crippen LogP contribution in [-0.2, 0) is 14.3 Å². The van der Waals surface area contributed by atoms with Gasteiger partial charge in [0.25, 0.3) is 0 Å². The largest absolute Gasteiger partial charge is 0.462 e. The Morgan fingerprint density at radius 2 is 1.62 bits per heavy atom. The van der Waals surface area contributed by atoms with Crippen molar-refractivity contribution in [1.29, 1.82) is 0 Å². The van der Waals surface area contributed by atoms with Crippen molar-refractivity contribution in [3.63, 3.8) is 0 Å². The SMILES string of the molecule is C=C(C)C(=O)OCCCCOC(=O)c1c(N)cccc1N. The molecule has 0 atom stereocenters. The highest BCUT2D eigenvalue weighted by Crippen LogP contribution is 2.20. The number of hydrogen-bond donors (Lipinski definition) is 2. The summed E-state index contributed by atoms with van der Waals surface area (Å²) in [6.07, 6.45) is 1.16. The molecule has 4 N–H and O–H groups in total. The summed E-state index contributed by atoms with van der Waals surface area (Å²) in [6, 6.07) is 4.84. The minimum absolute atomic E-state index is 0.186. The van der Waals surface area contributed by atoms with E-state index >= 15 is 0 Å². The molecule has 0 aliphatic carbocycles. The molecule has 0 fully saturated rings. The van der Waals surface area contributed by atoms with Crippen LogP contribution >= 0.6 is 0 Å². The zero-order chi connectivity index (χ0) is 15.8. The minimum atomic E-state index is -0.551. The van der Waals surface area contributed by atoms with Crippen LogP contribution in [0, 0.1) is 0 Å². The molecule has 0 heterocycles. The number of nitrogen functional groups attached to an aromatic ring is 2. The van der Waals surface area contributed by atoms with E-state index in [1.807, 2.05) is 0 Å². The van der Waals surface area contributed by atoms with Crippen molar-refractivity contribution in [1.82, 2.24) is 0 Å². The van der Waals surface area contributed by atoms with E-state index in [0.29, 0.717) is 18.4 Å². The molecule has 0 radical (unpaired) electrons.